The Kier molecular flexibility index (Phi) is 5.05. The van der Waals surface area contributed by atoms with Crippen LogP contribution in [0.1, 0.15) is 23.4 Å². The van der Waals surface area contributed by atoms with Crippen molar-refractivity contribution in [3.05, 3.63) is 59.5 Å². The van der Waals surface area contributed by atoms with E-state index < -0.39 is 0 Å². The van der Waals surface area contributed by atoms with Gasteiger partial charge in [-0.25, -0.2) is 4.98 Å². The van der Waals surface area contributed by atoms with Crippen molar-refractivity contribution < 1.29 is 4.52 Å². The third-order valence-corrected chi connectivity index (χ3v) is 3.51. The average molecular weight is 323 g/mol. The average Bonchev–Trinajstić information content (AvgIpc) is 2.97. The summed E-state index contributed by atoms with van der Waals surface area (Å²) in [5.74, 6) is 2.70. The summed E-state index contributed by atoms with van der Waals surface area (Å²) in [6.07, 6.45) is 2.05. The first-order valence-electron chi connectivity index (χ1n) is 8.03. The molecule has 2 aromatic heterocycles. The molecule has 2 heterocycles. The fraction of sp³-hybridized carbons (Fsp3) is 0.278. The van der Waals surface area contributed by atoms with Crippen molar-refractivity contribution in [2.45, 2.75) is 26.7 Å². The van der Waals surface area contributed by atoms with E-state index in [1.54, 1.807) is 0 Å². The SMILES string of the molecule is Cc1cc(Nc2cc(C)on2)nc(NCCCc2ccccc2)n1. The molecule has 0 aliphatic carbocycles. The second-order valence-electron chi connectivity index (χ2n) is 5.68. The molecule has 3 rings (SSSR count). The number of nitrogens with one attached hydrogen (secondary N) is 2. The van der Waals surface area contributed by atoms with Crippen LogP contribution in [-0.4, -0.2) is 21.7 Å². The summed E-state index contributed by atoms with van der Waals surface area (Å²) in [5, 5.41) is 10.3. The largest absolute Gasteiger partial charge is 0.360 e. The predicted molar refractivity (Wildman–Crippen MR) is 94.5 cm³/mol. The van der Waals surface area contributed by atoms with Gasteiger partial charge in [0.1, 0.15) is 11.6 Å². The Morgan fingerprint density at radius 1 is 1.00 bits per heavy atom. The van der Waals surface area contributed by atoms with E-state index in [1.807, 2.05) is 32.0 Å². The normalized spacial score (nSPS) is 10.6. The van der Waals surface area contributed by atoms with Gasteiger partial charge in [0.15, 0.2) is 5.82 Å². The highest BCUT2D eigenvalue weighted by molar-refractivity contribution is 5.53. The minimum absolute atomic E-state index is 0.616. The first-order chi connectivity index (χ1) is 11.7. The molecule has 2 N–H and O–H groups in total. The van der Waals surface area contributed by atoms with E-state index in [9.17, 15) is 0 Å². The Morgan fingerprint density at radius 2 is 1.83 bits per heavy atom. The number of anilines is 3. The van der Waals surface area contributed by atoms with Gasteiger partial charge >= 0.3 is 0 Å². The lowest BCUT2D eigenvalue weighted by molar-refractivity contribution is 0.400. The van der Waals surface area contributed by atoms with Crippen LogP contribution in [0.4, 0.5) is 17.6 Å². The summed E-state index contributed by atoms with van der Waals surface area (Å²) in [5.41, 5.74) is 2.23. The molecule has 0 fully saturated rings. The van der Waals surface area contributed by atoms with Gasteiger partial charge in [0.2, 0.25) is 5.95 Å². The number of rotatable bonds is 7. The fourth-order valence-corrected chi connectivity index (χ4v) is 2.41. The molecule has 24 heavy (non-hydrogen) atoms. The van der Waals surface area contributed by atoms with Crippen molar-refractivity contribution >= 4 is 17.6 Å². The molecule has 0 amide bonds. The number of aromatic nitrogens is 3. The lowest BCUT2D eigenvalue weighted by Gasteiger charge is -2.08. The highest BCUT2D eigenvalue weighted by atomic mass is 16.5. The minimum atomic E-state index is 0.616. The third-order valence-electron chi connectivity index (χ3n) is 3.51. The Hall–Kier alpha value is -2.89. The molecular formula is C18H21N5O. The molecule has 3 aromatic rings. The standard InChI is InChI=1S/C18H21N5O/c1-13-11-16(21-17-12-14(2)24-23-17)22-18(20-13)19-10-6-9-15-7-4-3-5-8-15/h3-5,7-8,11-12H,6,9-10H2,1-2H3,(H2,19,20,21,22,23). The van der Waals surface area contributed by atoms with Crippen molar-refractivity contribution in [1.29, 1.82) is 0 Å². The molecule has 6 nitrogen and oxygen atoms in total. The monoisotopic (exact) mass is 323 g/mol. The lowest BCUT2D eigenvalue weighted by atomic mass is 10.1. The smallest absolute Gasteiger partial charge is 0.224 e. The zero-order valence-corrected chi connectivity index (χ0v) is 13.9. The zero-order chi connectivity index (χ0) is 16.8. The maximum Gasteiger partial charge on any atom is 0.224 e. The van der Waals surface area contributed by atoms with Crippen molar-refractivity contribution in [3.8, 4) is 0 Å². The van der Waals surface area contributed by atoms with Crippen LogP contribution in [0.2, 0.25) is 0 Å². The second kappa shape index (κ2) is 7.59. The number of aryl methyl sites for hydroxylation is 3. The third kappa shape index (κ3) is 4.55. The maximum absolute atomic E-state index is 5.05. The Balaban J connectivity index is 1.55. The van der Waals surface area contributed by atoms with E-state index in [-0.39, 0.29) is 0 Å². The molecule has 0 spiro atoms. The Labute approximate surface area is 141 Å². The molecule has 0 bridgehead atoms. The molecule has 1 aromatic carbocycles. The maximum atomic E-state index is 5.05. The van der Waals surface area contributed by atoms with Gasteiger partial charge in [-0.2, -0.15) is 4.98 Å². The van der Waals surface area contributed by atoms with Crippen LogP contribution in [0.25, 0.3) is 0 Å². The van der Waals surface area contributed by atoms with Gasteiger partial charge in [-0.3, -0.25) is 0 Å². The van der Waals surface area contributed by atoms with Crippen molar-refractivity contribution in [2.75, 3.05) is 17.2 Å². The number of nitrogens with zero attached hydrogens (tertiary/aromatic N) is 3. The van der Waals surface area contributed by atoms with E-state index in [1.165, 1.54) is 5.56 Å². The van der Waals surface area contributed by atoms with Crippen LogP contribution in [0.5, 0.6) is 0 Å². The van der Waals surface area contributed by atoms with Crippen LogP contribution in [0, 0.1) is 13.8 Å². The summed E-state index contributed by atoms with van der Waals surface area (Å²) < 4.78 is 5.05. The van der Waals surface area contributed by atoms with Crippen LogP contribution in [0.3, 0.4) is 0 Å². The summed E-state index contributed by atoms with van der Waals surface area (Å²) >= 11 is 0. The molecule has 0 atom stereocenters. The summed E-state index contributed by atoms with van der Waals surface area (Å²) in [4.78, 5) is 8.89. The minimum Gasteiger partial charge on any atom is -0.360 e. The molecule has 6 heteroatoms. The van der Waals surface area contributed by atoms with Gasteiger partial charge in [-0.1, -0.05) is 35.5 Å². The van der Waals surface area contributed by atoms with E-state index in [2.05, 4.69) is 50.0 Å². The summed E-state index contributed by atoms with van der Waals surface area (Å²) in [6, 6.07) is 14.2. The highest BCUT2D eigenvalue weighted by Crippen LogP contribution is 2.16. The van der Waals surface area contributed by atoms with E-state index >= 15 is 0 Å². The molecular weight excluding hydrogens is 302 g/mol. The van der Waals surface area contributed by atoms with Crippen LogP contribution < -0.4 is 10.6 Å². The Morgan fingerprint density at radius 3 is 2.58 bits per heavy atom. The highest BCUT2D eigenvalue weighted by Gasteiger charge is 2.05. The summed E-state index contributed by atoms with van der Waals surface area (Å²) in [7, 11) is 0. The van der Waals surface area contributed by atoms with Crippen LogP contribution >= 0.6 is 0 Å². The topological polar surface area (TPSA) is 75.9 Å². The fourth-order valence-electron chi connectivity index (χ4n) is 2.41. The van der Waals surface area contributed by atoms with Gasteiger partial charge in [-0.15, -0.1) is 0 Å². The van der Waals surface area contributed by atoms with Gasteiger partial charge in [-0.05, 0) is 32.3 Å². The number of hydrogen-bond acceptors (Lipinski definition) is 6. The van der Waals surface area contributed by atoms with E-state index in [4.69, 9.17) is 4.52 Å². The molecule has 124 valence electrons. The van der Waals surface area contributed by atoms with Gasteiger partial charge in [0.05, 0.1) is 0 Å². The molecule has 0 radical (unpaired) electrons. The zero-order valence-electron chi connectivity index (χ0n) is 13.9. The molecule has 0 aliphatic heterocycles. The predicted octanol–water partition coefficient (Wildman–Crippen LogP) is 3.87. The van der Waals surface area contributed by atoms with Crippen LogP contribution in [0.15, 0.2) is 47.0 Å². The Bertz CT molecular complexity index is 785. The lowest BCUT2D eigenvalue weighted by Crippen LogP contribution is -2.08. The molecule has 0 saturated carbocycles. The number of benzene rings is 1. The van der Waals surface area contributed by atoms with Gasteiger partial charge < -0.3 is 15.2 Å². The van der Waals surface area contributed by atoms with Gasteiger partial charge in [0.25, 0.3) is 0 Å². The second-order valence-corrected chi connectivity index (χ2v) is 5.68. The van der Waals surface area contributed by atoms with Crippen molar-refractivity contribution in [3.63, 3.8) is 0 Å². The van der Waals surface area contributed by atoms with Gasteiger partial charge in [0, 0.05) is 24.4 Å². The van der Waals surface area contributed by atoms with E-state index in [0.717, 1.165) is 30.8 Å². The van der Waals surface area contributed by atoms with Crippen molar-refractivity contribution in [2.24, 2.45) is 0 Å². The molecule has 0 saturated heterocycles. The van der Waals surface area contributed by atoms with Crippen LogP contribution in [-0.2, 0) is 6.42 Å². The van der Waals surface area contributed by atoms with E-state index in [0.29, 0.717) is 17.6 Å². The molecule has 0 unspecified atom stereocenters. The van der Waals surface area contributed by atoms with Crippen molar-refractivity contribution in [1.82, 2.24) is 15.1 Å². The number of hydrogen-bond donors (Lipinski definition) is 2. The summed E-state index contributed by atoms with van der Waals surface area (Å²) in [6.45, 7) is 4.61. The first-order valence-corrected chi connectivity index (χ1v) is 8.03. The molecule has 0 aliphatic rings. The first kappa shape index (κ1) is 16.0. The quantitative estimate of drug-likeness (QED) is 0.643.